The molecule has 1 aliphatic rings. The topological polar surface area (TPSA) is 38.6 Å². The largest absolute Gasteiger partial charge is 0.364 e. The van der Waals surface area contributed by atoms with Crippen LogP contribution in [0.1, 0.15) is 37.3 Å². The van der Waals surface area contributed by atoms with Crippen molar-refractivity contribution in [2.75, 3.05) is 6.61 Å². The van der Waals surface area contributed by atoms with Crippen LogP contribution < -0.4 is 0 Å². The lowest BCUT2D eigenvalue weighted by Crippen LogP contribution is -1.87. The smallest absolute Gasteiger partial charge is 0.186 e. The summed E-state index contributed by atoms with van der Waals surface area (Å²) in [6.45, 7) is 4.76. The second-order valence-corrected chi connectivity index (χ2v) is 3.60. The van der Waals surface area contributed by atoms with E-state index in [1.165, 1.54) is 0 Å². The van der Waals surface area contributed by atoms with E-state index in [0.717, 1.165) is 5.69 Å². The van der Waals surface area contributed by atoms with Gasteiger partial charge in [-0.3, -0.25) is 0 Å². The van der Waals surface area contributed by atoms with E-state index in [2.05, 4.69) is 5.16 Å². The number of aromatic nitrogens is 1. The lowest BCUT2D eigenvalue weighted by atomic mass is 10.1. The Bertz CT molecular complexity index is 272. The van der Waals surface area contributed by atoms with E-state index >= 15 is 0 Å². The summed E-state index contributed by atoms with van der Waals surface area (Å²) in [6.07, 6.45) is 0.0532. The van der Waals surface area contributed by atoms with Gasteiger partial charge in [-0.1, -0.05) is 30.6 Å². The van der Waals surface area contributed by atoms with Crippen molar-refractivity contribution in [2.24, 2.45) is 0 Å². The summed E-state index contributed by atoms with van der Waals surface area (Å²) in [5, 5.41) is 4.52. The highest BCUT2D eigenvalue weighted by molar-refractivity contribution is 6.31. The molecule has 1 aliphatic heterocycles. The van der Waals surface area contributed by atoms with Crippen LogP contribution in [0.2, 0.25) is 5.02 Å². The van der Waals surface area contributed by atoms with E-state index in [0.29, 0.717) is 23.3 Å². The molecule has 1 fully saturated rings. The molecule has 0 saturated carbocycles. The molecule has 0 N–H and O–H groups in total. The molecule has 0 bridgehead atoms. The predicted octanol–water partition coefficient (Wildman–Crippen LogP) is 2.52. The maximum absolute atomic E-state index is 6.02. The Kier molecular flexibility index (Phi) is 1.85. The van der Waals surface area contributed by atoms with E-state index in [-0.39, 0.29) is 6.10 Å². The molecule has 12 heavy (non-hydrogen) atoms. The van der Waals surface area contributed by atoms with Gasteiger partial charge in [-0.2, -0.15) is 0 Å². The number of hydrogen-bond donors (Lipinski definition) is 0. The van der Waals surface area contributed by atoms with Crippen molar-refractivity contribution in [1.29, 1.82) is 0 Å². The second-order valence-electron chi connectivity index (χ2n) is 3.22. The minimum atomic E-state index is 0.0532. The van der Waals surface area contributed by atoms with E-state index in [1.54, 1.807) is 0 Å². The Labute approximate surface area is 75.6 Å². The monoisotopic (exact) mass is 187 g/mol. The second kappa shape index (κ2) is 2.75. The first-order valence-corrected chi connectivity index (χ1v) is 4.34. The minimum absolute atomic E-state index is 0.0532. The van der Waals surface area contributed by atoms with Crippen LogP contribution in [0.15, 0.2) is 4.52 Å². The standard InChI is InChI=1S/C8H10ClNO2/c1-4(2)7-6(9)8(12-10-7)5-3-11-5/h4-5H,3H2,1-2H3. The highest BCUT2D eigenvalue weighted by Crippen LogP contribution is 2.38. The van der Waals surface area contributed by atoms with E-state index < -0.39 is 0 Å². The minimum Gasteiger partial charge on any atom is -0.364 e. The molecule has 0 radical (unpaired) electrons. The number of nitrogens with zero attached hydrogens (tertiary/aromatic N) is 1. The first kappa shape index (κ1) is 8.08. The maximum Gasteiger partial charge on any atom is 0.186 e. The molecule has 0 spiro atoms. The molecule has 1 atom stereocenters. The van der Waals surface area contributed by atoms with Crippen LogP contribution in [0.25, 0.3) is 0 Å². The number of ether oxygens (including phenoxy) is 1. The average Bonchev–Trinajstić information content (AvgIpc) is 2.75. The van der Waals surface area contributed by atoms with Gasteiger partial charge in [-0.25, -0.2) is 0 Å². The van der Waals surface area contributed by atoms with Gasteiger partial charge in [0.15, 0.2) is 5.76 Å². The van der Waals surface area contributed by atoms with Crippen molar-refractivity contribution in [3.05, 3.63) is 16.5 Å². The first-order chi connectivity index (χ1) is 5.70. The van der Waals surface area contributed by atoms with Gasteiger partial charge in [0.2, 0.25) is 0 Å². The predicted molar refractivity (Wildman–Crippen MR) is 44.3 cm³/mol. The van der Waals surface area contributed by atoms with Gasteiger partial charge in [-0.15, -0.1) is 0 Å². The summed E-state index contributed by atoms with van der Waals surface area (Å²) >= 11 is 6.02. The summed E-state index contributed by atoms with van der Waals surface area (Å²) < 4.78 is 10.1. The van der Waals surface area contributed by atoms with Crippen LogP contribution in [0.3, 0.4) is 0 Å². The highest BCUT2D eigenvalue weighted by atomic mass is 35.5. The first-order valence-electron chi connectivity index (χ1n) is 3.96. The maximum atomic E-state index is 6.02. The van der Waals surface area contributed by atoms with Crippen molar-refractivity contribution in [3.63, 3.8) is 0 Å². The number of hydrogen-bond acceptors (Lipinski definition) is 3. The quantitative estimate of drug-likeness (QED) is 0.668. The molecule has 2 rings (SSSR count). The molecule has 1 aromatic heterocycles. The zero-order valence-corrected chi connectivity index (χ0v) is 7.76. The van der Waals surface area contributed by atoms with Crippen molar-refractivity contribution < 1.29 is 9.26 Å². The van der Waals surface area contributed by atoms with Crippen molar-refractivity contribution in [2.45, 2.75) is 25.9 Å². The Hall–Kier alpha value is -0.540. The lowest BCUT2D eigenvalue weighted by molar-refractivity contribution is 0.322. The molecule has 2 heterocycles. The molecule has 4 heteroatoms. The molecular formula is C8H10ClNO2. The molecule has 3 nitrogen and oxygen atoms in total. The molecule has 0 amide bonds. The van der Waals surface area contributed by atoms with Gasteiger partial charge in [-0.05, 0) is 0 Å². The molecule has 66 valence electrons. The van der Waals surface area contributed by atoms with Crippen LogP contribution in [-0.2, 0) is 4.74 Å². The summed E-state index contributed by atoms with van der Waals surface area (Å²) in [5.41, 5.74) is 0.821. The van der Waals surface area contributed by atoms with Crippen LogP contribution in [0.4, 0.5) is 0 Å². The fourth-order valence-corrected chi connectivity index (χ4v) is 1.47. The zero-order valence-electron chi connectivity index (χ0n) is 7.00. The van der Waals surface area contributed by atoms with Gasteiger partial charge in [0, 0.05) is 5.92 Å². The Morgan fingerprint density at radius 1 is 1.58 bits per heavy atom. The molecule has 0 aliphatic carbocycles. The summed E-state index contributed by atoms with van der Waals surface area (Å²) in [5.74, 6) is 0.981. The van der Waals surface area contributed by atoms with Crippen molar-refractivity contribution in [3.8, 4) is 0 Å². The summed E-state index contributed by atoms with van der Waals surface area (Å²) in [6, 6.07) is 0. The Morgan fingerprint density at radius 2 is 2.25 bits per heavy atom. The lowest BCUT2D eigenvalue weighted by Gasteiger charge is -1.96. The molecule has 1 unspecified atom stereocenters. The van der Waals surface area contributed by atoms with Gasteiger partial charge in [0.05, 0.1) is 6.61 Å². The Balaban J connectivity index is 2.33. The summed E-state index contributed by atoms with van der Waals surface area (Å²) in [7, 11) is 0. The fraction of sp³-hybridized carbons (Fsp3) is 0.625. The van der Waals surface area contributed by atoms with E-state index in [1.807, 2.05) is 13.8 Å². The van der Waals surface area contributed by atoms with Crippen LogP contribution in [0, 0.1) is 0 Å². The molecule has 0 aromatic carbocycles. The van der Waals surface area contributed by atoms with Crippen LogP contribution >= 0.6 is 11.6 Å². The average molecular weight is 188 g/mol. The van der Waals surface area contributed by atoms with Gasteiger partial charge in [0.25, 0.3) is 0 Å². The van der Waals surface area contributed by atoms with Gasteiger partial charge < -0.3 is 9.26 Å². The van der Waals surface area contributed by atoms with Gasteiger partial charge in [0.1, 0.15) is 16.8 Å². The number of rotatable bonds is 2. The SMILES string of the molecule is CC(C)c1noc(C2CO2)c1Cl. The molecule has 1 aromatic rings. The van der Waals surface area contributed by atoms with Crippen LogP contribution in [-0.4, -0.2) is 11.8 Å². The zero-order chi connectivity index (χ0) is 8.72. The Morgan fingerprint density at radius 3 is 2.67 bits per heavy atom. The van der Waals surface area contributed by atoms with Gasteiger partial charge >= 0.3 is 0 Å². The van der Waals surface area contributed by atoms with Crippen molar-refractivity contribution >= 4 is 11.6 Å². The van der Waals surface area contributed by atoms with Crippen LogP contribution in [0.5, 0.6) is 0 Å². The fourth-order valence-electron chi connectivity index (χ4n) is 1.06. The third kappa shape index (κ3) is 1.23. The van der Waals surface area contributed by atoms with Crippen molar-refractivity contribution in [1.82, 2.24) is 5.16 Å². The normalized spacial score (nSPS) is 21.8. The molecule has 1 saturated heterocycles. The molecular weight excluding hydrogens is 178 g/mol. The number of halogens is 1. The van der Waals surface area contributed by atoms with E-state index in [4.69, 9.17) is 20.9 Å². The summed E-state index contributed by atoms with van der Waals surface area (Å²) in [4.78, 5) is 0. The highest BCUT2D eigenvalue weighted by Gasteiger charge is 2.33. The number of epoxide rings is 1. The third-order valence-corrected chi connectivity index (χ3v) is 2.24. The van der Waals surface area contributed by atoms with E-state index in [9.17, 15) is 0 Å². The third-order valence-electron chi connectivity index (χ3n) is 1.86.